The summed E-state index contributed by atoms with van der Waals surface area (Å²) in [5, 5.41) is 10.5. The molecule has 0 bridgehead atoms. The van der Waals surface area contributed by atoms with E-state index in [0.29, 0.717) is 5.56 Å². The minimum atomic E-state index is -0.0885. The van der Waals surface area contributed by atoms with E-state index in [1.165, 1.54) is 11.1 Å². The second-order valence-corrected chi connectivity index (χ2v) is 5.17. The molecule has 104 valence electrons. The Labute approximate surface area is 118 Å². The number of benzene rings is 1. The lowest BCUT2D eigenvalue weighted by molar-refractivity contribution is 0.102. The zero-order valence-corrected chi connectivity index (χ0v) is 11.7. The zero-order valence-electron chi connectivity index (χ0n) is 11.7. The number of anilines is 1. The summed E-state index contributed by atoms with van der Waals surface area (Å²) in [7, 11) is 1.84. The number of hydrogen-bond acceptors (Lipinski definition) is 3. The van der Waals surface area contributed by atoms with Crippen LogP contribution in [0.1, 0.15) is 27.2 Å². The lowest BCUT2D eigenvalue weighted by Gasteiger charge is -2.17. The molecule has 1 aromatic carbocycles. The molecule has 0 atom stereocenters. The third kappa shape index (κ3) is 2.44. The third-order valence-corrected chi connectivity index (χ3v) is 3.62. The van der Waals surface area contributed by atoms with Crippen molar-refractivity contribution in [1.82, 2.24) is 15.1 Å². The van der Waals surface area contributed by atoms with Gasteiger partial charge in [0.2, 0.25) is 0 Å². The van der Waals surface area contributed by atoms with Gasteiger partial charge in [-0.15, -0.1) is 0 Å². The summed E-state index contributed by atoms with van der Waals surface area (Å²) in [6, 6.07) is 5.93. The van der Waals surface area contributed by atoms with Crippen molar-refractivity contribution in [3.63, 3.8) is 0 Å². The molecule has 0 unspecified atom stereocenters. The molecule has 3 rings (SSSR count). The molecule has 2 N–H and O–H groups in total. The maximum absolute atomic E-state index is 12.3. The normalized spacial score (nSPS) is 13.9. The van der Waals surface area contributed by atoms with E-state index in [-0.39, 0.29) is 5.91 Å². The first-order valence-corrected chi connectivity index (χ1v) is 6.77. The number of amides is 1. The van der Waals surface area contributed by atoms with Crippen LogP contribution in [0, 0.1) is 6.92 Å². The van der Waals surface area contributed by atoms with Gasteiger partial charge >= 0.3 is 0 Å². The topological polar surface area (TPSA) is 59.0 Å². The Hall–Kier alpha value is -2.14. The van der Waals surface area contributed by atoms with Crippen LogP contribution in [0.15, 0.2) is 24.4 Å². The van der Waals surface area contributed by atoms with E-state index in [4.69, 9.17) is 0 Å². The van der Waals surface area contributed by atoms with Gasteiger partial charge in [-0.2, -0.15) is 5.10 Å². The Bertz CT molecular complexity index is 660. The fraction of sp³-hybridized carbons (Fsp3) is 0.333. The van der Waals surface area contributed by atoms with Crippen LogP contribution in [0.4, 0.5) is 5.69 Å². The quantitative estimate of drug-likeness (QED) is 0.872. The Morgan fingerprint density at radius 2 is 2.25 bits per heavy atom. The smallest absolute Gasteiger partial charge is 0.255 e. The second kappa shape index (κ2) is 5.09. The lowest BCUT2D eigenvalue weighted by atomic mass is 9.98. The van der Waals surface area contributed by atoms with Gasteiger partial charge in [-0.1, -0.05) is 6.07 Å². The van der Waals surface area contributed by atoms with E-state index < -0.39 is 0 Å². The highest BCUT2D eigenvalue weighted by Gasteiger charge is 2.14. The van der Waals surface area contributed by atoms with Gasteiger partial charge in [-0.3, -0.25) is 9.48 Å². The molecule has 1 amide bonds. The first kappa shape index (κ1) is 12.9. The number of carbonyl (C=O) groups excluding carboxylic acids is 1. The highest BCUT2D eigenvalue weighted by molar-refractivity contribution is 6.04. The Kier molecular flexibility index (Phi) is 3.28. The van der Waals surface area contributed by atoms with E-state index in [1.807, 2.05) is 32.3 Å². The summed E-state index contributed by atoms with van der Waals surface area (Å²) in [4.78, 5) is 12.3. The van der Waals surface area contributed by atoms with Crippen LogP contribution in [0.2, 0.25) is 0 Å². The summed E-state index contributed by atoms with van der Waals surface area (Å²) in [6.07, 6.45) is 2.84. The Morgan fingerprint density at radius 1 is 1.40 bits per heavy atom. The Morgan fingerprint density at radius 3 is 3.00 bits per heavy atom. The maximum atomic E-state index is 12.3. The van der Waals surface area contributed by atoms with Crippen LogP contribution in [0.25, 0.3) is 0 Å². The molecular weight excluding hydrogens is 252 g/mol. The first-order valence-electron chi connectivity index (χ1n) is 6.77. The Balaban J connectivity index is 1.82. The molecule has 0 aliphatic carbocycles. The number of fused-ring (bicyclic) bond motifs is 1. The molecular formula is C15H18N4O. The van der Waals surface area contributed by atoms with Crippen LogP contribution in [-0.4, -0.2) is 22.2 Å². The summed E-state index contributed by atoms with van der Waals surface area (Å²) in [5.41, 5.74) is 4.81. The molecule has 1 aliphatic rings. The van der Waals surface area contributed by atoms with E-state index >= 15 is 0 Å². The van der Waals surface area contributed by atoms with Crippen molar-refractivity contribution in [3.05, 3.63) is 46.8 Å². The van der Waals surface area contributed by atoms with Crippen LogP contribution in [-0.2, 0) is 20.0 Å². The minimum Gasteiger partial charge on any atom is -0.319 e. The van der Waals surface area contributed by atoms with Gasteiger partial charge in [-0.05, 0) is 43.1 Å². The number of hydrogen-bond donors (Lipinski definition) is 2. The standard InChI is InChI=1S/C15H18N4O/c1-10-14(9-19(2)18-10)17-15(20)12-4-3-11-5-6-16-8-13(11)7-12/h3-4,7,9,16H,5-6,8H2,1-2H3,(H,17,20). The zero-order chi connectivity index (χ0) is 14.1. The van der Waals surface area contributed by atoms with E-state index in [9.17, 15) is 4.79 Å². The van der Waals surface area contributed by atoms with Crippen molar-refractivity contribution in [1.29, 1.82) is 0 Å². The average molecular weight is 270 g/mol. The van der Waals surface area contributed by atoms with Crippen LogP contribution in [0.3, 0.4) is 0 Å². The van der Waals surface area contributed by atoms with E-state index in [1.54, 1.807) is 4.68 Å². The SMILES string of the molecule is Cc1nn(C)cc1NC(=O)c1ccc2c(c1)CNCC2. The fourth-order valence-corrected chi connectivity index (χ4v) is 2.54. The van der Waals surface area contributed by atoms with Gasteiger partial charge in [0, 0.05) is 25.4 Å². The van der Waals surface area contributed by atoms with Crippen molar-refractivity contribution in [3.8, 4) is 0 Å². The number of carbonyl (C=O) groups is 1. The maximum Gasteiger partial charge on any atom is 0.255 e. The molecule has 5 nitrogen and oxygen atoms in total. The summed E-state index contributed by atoms with van der Waals surface area (Å²) >= 11 is 0. The van der Waals surface area contributed by atoms with E-state index in [2.05, 4.69) is 21.8 Å². The highest BCUT2D eigenvalue weighted by atomic mass is 16.1. The average Bonchev–Trinajstić information content (AvgIpc) is 2.76. The number of aromatic nitrogens is 2. The molecule has 2 heterocycles. The number of nitrogens with one attached hydrogen (secondary N) is 2. The molecule has 20 heavy (non-hydrogen) atoms. The molecule has 0 spiro atoms. The number of aryl methyl sites for hydroxylation is 2. The van der Waals surface area contributed by atoms with Crippen molar-refractivity contribution < 1.29 is 4.79 Å². The highest BCUT2D eigenvalue weighted by Crippen LogP contribution is 2.18. The number of rotatable bonds is 2. The lowest BCUT2D eigenvalue weighted by Crippen LogP contribution is -2.24. The van der Waals surface area contributed by atoms with Gasteiger partial charge < -0.3 is 10.6 Å². The van der Waals surface area contributed by atoms with Gasteiger partial charge in [-0.25, -0.2) is 0 Å². The number of nitrogens with zero attached hydrogens (tertiary/aromatic N) is 2. The predicted octanol–water partition coefficient (Wildman–Crippen LogP) is 1.63. The second-order valence-electron chi connectivity index (χ2n) is 5.17. The molecule has 0 saturated carbocycles. The van der Waals surface area contributed by atoms with Crippen LogP contribution in [0.5, 0.6) is 0 Å². The summed E-state index contributed by atoms with van der Waals surface area (Å²) in [5.74, 6) is -0.0885. The monoisotopic (exact) mass is 270 g/mol. The fourth-order valence-electron chi connectivity index (χ4n) is 2.54. The molecule has 1 aromatic heterocycles. The van der Waals surface area contributed by atoms with Gasteiger partial charge in [0.05, 0.1) is 11.4 Å². The van der Waals surface area contributed by atoms with Gasteiger partial charge in [0.25, 0.3) is 5.91 Å². The van der Waals surface area contributed by atoms with Crippen molar-refractivity contribution >= 4 is 11.6 Å². The minimum absolute atomic E-state index is 0.0885. The van der Waals surface area contributed by atoms with Crippen molar-refractivity contribution in [2.24, 2.45) is 7.05 Å². The first-order chi connectivity index (χ1) is 9.63. The molecule has 0 radical (unpaired) electrons. The van der Waals surface area contributed by atoms with Crippen molar-refractivity contribution in [2.75, 3.05) is 11.9 Å². The van der Waals surface area contributed by atoms with E-state index in [0.717, 1.165) is 30.9 Å². The third-order valence-electron chi connectivity index (χ3n) is 3.62. The van der Waals surface area contributed by atoms with Gasteiger partial charge in [0.15, 0.2) is 0 Å². The molecule has 5 heteroatoms. The molecule has 1 aliphatic heterocycles. The van der Waals surface area contributed by atoms with Gasteiger partial charge in [0.1, 0.15) is 0 Å². The largest absolute Gasteiger partial charge is 0.319 e. The molecule has 2 aromatic rings. The summed E-state index contributed by atoms with van der Waals surface area (Å²) < 4.78 is 1.70. The molecule has 0 fully saturated rings. The van der Waals surface area contributed by atoms with Crippen LogP contribution < -0.4 is 10.6 Å². The predicted molar refractivity (Wildman–Crippen MR) is 77.8 cm³/mol. The summed E-state index contributed by atoms with van der Waals surface area (Å²) in [6.45, 7) is 3.72. The van der Waals surface area contributed by atoms with Crippen molar-refractivity contribution in [2.45, 2.75) is 19.9 Å². The van der Waals surface area contributed by atoms with Crippen LogP contribution >= 0.6 is 0 Å². The molecule has 0 saturated heterocycles.